The molecule has 2 aromatic carbocycles. The Morgan fingerprint density at radius 2 is 1.85 bits per heavy atom. The summed E-state index contributed by atoms with van der Waals surface area (Å²) >= 11 is 1.88. The van der Waals surface area contributed by atoms with Gasteiger partial charge < -0.3 is 25.0 Å². The van der Waals surface area contributed by atoms with Crippen molar-refractivity contribution in [3.63, 3.8) is 0 Å². The maximum atomic E-state index is 14.9. The van der Waals surface area contributed by atoms with Gasteiger partial charge in [0.15, 0.2) is 11.6 Å². The van der Waals surface area contributed by atoms with E-state index in [-0.39, 0.29) is 24.7 Å². The third-order valence-corrected chi connectivity index (χ3v) is 7.66. The number of aliphatic hydroxyl groups is 2. The van der Waals surface area contributed by atoms with E-state index in [0.717, 1.165) is 6.07 Å². The third-order valence-electron chi connectivity index (χ3n) is 5.07. The highest BCUT2D eigenvalue weighted by atomic mass is 127. The van der Waals surface area contributed by atoms with Gasteiger partial charge in [-0.3, -0.25) is 0 Å². The number of halogens is 4. The highest BCUT2D eigenvalue weighted by Crippen LogP contribution is 2.40. The molecule has 3 rings (SSSR count). The standard InChI is InChI=1S/C21H24F3IN2O6S/c1-32-6-7-33-17-9-14(23)19(24)20(27-15-5-2-11(25)8-13(15)22)18(17)21(29)16(28)10-26-34(30,31)12-3-4-12/h2,5,8-9,12,16,21,26-29H,3-4,6-7,10H2,1H3. The number of rotatable bonds is 12. The molecule has 188 valence electrons. The van der Waals surface area contributed by atoms with Crippen LogP contribution in [-0.2, 0) is 14.8 Å². The molecule has 0 spiro atoms. The molecular weight excluding hydrogens is 592 g/mol. The molecule has 1 aliphatic rings. The van der Waals surface area contributed by atoms with Crippen molar-refractivity contribution >= 4 is 44.0 Å². The largest absolute Gasteiger partial charge is 0.491 e. The Balaban J connectivity index is 1.98. The fraction of sp³-hybridized carbons (Fsp3) is 0.429. The number of ether oxygens (including phenoxy) is 2. The van der Waals surface area contributed by atoms with Crippen LogP contribution in [0.25, 0.3) is 0 Å². The van der Waals surface area contributed by atoms with Gasteiger partial charge in [0.25, 0.3) is 0 Å². The zero-order valence-electron chi connectivity index (χ0n) is 18.0. The lowest BCUT2D eigenvalue weighted by molar-refractivity contribution is 0.0202. The first-order valence-corrected chi connectivity index (χ1v) is 12.9. The maximum absolute atomic E-state index is 14.9. The maximum Gasteiger partial charge on any atom is 0.214 e. The summed E-state index contributed by atoms with van der Waals surface area (Å²) in [4.78, 5) is 0. The lowest BCUT2D eigenvalue weighted by Gasteiger charge is -2.25. The van der Waals surface area contributed by atoms with E-state index in [9.17, 15) is 31.8 Å². The minimum atomic E-state index is -3.68. The van der Waals surface area contributed by atoms with E-state index < -0.39 is 62.7 Å². The fourth-order valence-corrected chi connectivity index (χ4v) is 4.96. The summed E-state index contributed by atoms with van der Waals surface area (Å²) in [5, 5.41) is 23.2. The summed E-state index contributed by atoms with van der Waals surface area (Å²) in [6.07, 6.45) is -2.71. The first-order valence-electron chi connectivity index (χ1n) is 10.3. The molecule has 8 nitrogen and oxygen atoms in total. The highest BCUT2D eigenvalue weighted by Gasteiger charge is 2.37. The Labute approximate surface area is 208 Å². The van der Waals surface area contributed by atoms with E-state index in [0.29, 0.717) is 22.5 Å². The summed E-state index contributed by atoms with van der Waals surface area (Å²) in [5.74, 6) is -3.89. The van der Waals surface area contributed by atoms with Crippen LogP contribution in [0.15, 0.2) is 24.3 Å². The Kier molecular flexibility index (Phi) is 9.03. The minimum absolute atomic E-state index is 0.0762. The predicted octanol–water partition coefficient (Wildman–Crippen LogP) is 2.95. The van der Waals surface area contributed by atoms with E-state index in [4.69, 9.17) is 9.47 Å². The van der Waals surface area contributed by atoms with Crippen LogP contribution in [-0.4, -0.2) is 56.9 Å². The molecule has 2 unspecified atom stereocenters. The summed E-state index contributed by atoms with van der Waals surface area (Å²) in [6.45, 7) is -0.621. The monoisotopic (exact) mass is 616 g/mol. The van der Waals surface area contributed by atoms with Crippen molar-refractivity contribution in [2.45, 2.75) is 30.3 Å². The Hall–Kier alpha value is -1.65. The van der Waals surface area contributed by atoms with E-state index in [1.807, 2.05) is 22.6 Å². The minimum Gasteiger partial charge on any atom is -0.491 e. The zero-order valence-corrected chi connectivity index (χ0v) is 21.0. The molecule has 0 aromatic heterocycles. The van der Waals surface area contributed by atoms with Gasteiger partial charge in [-0.1, -0.05) is 0 Å². The second-order valence-electron chi connectivity index (χ2n) is 7.65. The Morgan fingerprint density at radius 3 is 2.47 bits per heavy atom. The molecule has 1 saturated carbocycles. The fourth-order valence-electron chi connectivity index (χ4n) is 3.11. The SMILES string of the molecule is COCCOc1cc(F)c(F)c(Nc2ccc(I)cc2F)c1C(O)C(O)CNS(=O)(=O)C1CC1. The number of sulfonamides is 1. The molecule has 0 heterocycles. The van der Waals surface area contributed by atoms with Crippen LogP contribution < -0.4 is 14.8 Å². The molecule has 2 aromatic rings. The second-order valence-corrected chi connectivity index (χ2v) is 10.9. The topological polar surface area (TPSA) is 117 Å². The quantitative estimate of drug-likeness (QED) is 0.214. The molecule has 0 aliphatic heterocycles. The van der Waals surface area contributed by atoms with Gasteiger partial charge in [0.1, 0.15) is 24.3 Å². The van der Waals surface area contributed by atoms with Crippen molar-refractivity contribution in [3.8, 4) is 5.75 Å². The van der Waals surface area contributed by atoms with Crippen molar-refractivity contribution in [2.24, 2.45) is 0 Å². The molecule has 4 N–H and O–H groups in total. The van der Waals surface area contributed by atoms with Gasteiger partial charge in [-0.2, -0.15) is 0 Å². The number of methoxy groups -OCH3 is 1. The first-order chi connectivity index (χ1) is 16.0. The molecule has 2 atom stereocenters. The van der Waals surface area contributed by atoms with Crippen LogP contribution in [0, 0.1) is 21.0 Å². The van der Waals surface area contributed by atoms with Gasteiger partial charge in [-0.25, -0.2) is 26.3 Å². The zero-order chi connectivity index (χ0) is 25.0. The van der Waals surface area contributed by atoms with Crippen molar-refractivity contribution in [3.05, 3.63) is 50.9 Å². The lowest BCUT2D eigenvalue weighted by atomic mass is 9.99. The van der Waals surface area contributed by atoms with E-state index in [2.05, 4.69) is 10.0 Å². The highest BCUT2D eigenvalue weighted by molar-refractivity contribution is 14.1. The number of hydrogen-bond donors (Lipinski definition) is 4. The van der Waals surface area contributed by atoms with Crippen LogP contribution in [0.4, 0.5) is 24.5 Å². The van der Waals surface area contributed by atoms with Crippen LogP contribution in [0.2, 0.25) is 0 Å². The number of anilines is 2. The van der Waals surface area contributed by atoms with E-state index in [1.165, 1.54) is 19.2 Å². The van der Waals surface area contributed by atoms with E-state index in [1.54, 1.807) is 0 Å². The van der Waals surface area contributed by atoms with Crippen LogP contribution in [0.1, 0.15) is 24.5 Å². The van der Waals surface area contributed by atoms with Gasteiger partial charge in [-0.05, 0) is 53.6 Å². The van der Waals surface area contributed by atoms with Crippen LogP contribution in [0.3, 0.4) is 0 Å². The summed E-state index contributed by atoms with van der Waals surface area (Å²) in [5.41, 5.74) is -1.29. The van der Waals surface area contributed by atoms with Gasteiger partial charge in [0.05, 0.1) is 34.9 Å². The predicted molar refractivity (Wildman–Crippen MR) is 127 cm³/mol. The normalized spacial score (nSPS) is 15.7. The molecule has 34 heavy (non-hydrogen) atoms. The van der Waals surface area contributed by atoms with Crippen molar-refractivity contribution < 1.29 is 41.3 Å². The smallest absolute Gasteiger partial charge is 0.214 e. The molecule has 1 fully saturated rings. The average Bonchev–Trinajstić information content (AvgIpc) is 3.63. The molecule has 0 saturated heterocycles. The summed E-state index contributed by atoms with van der Waals surface area (Å²) < 4.78 is 80.9. The average molecular weight is 616 g/mol. The second kappa shape index (κ2) is 11.4. The van der Waals surface area contributed by atoms with Gasteiger partial charge in [0, 0.05) is 23.3 Å². The molecule has 1 aliphatic carbocycles. The Morgan fingerprint density at radius 1 is 1.15 bits per heavy atom. The number of aliphatic hydroxyl groups excluding tert-OH is 2. The molecule has 0 radical (unpaired) electrons. The van der Waals surface area contributed by atoms with E-state index >= 15 is 0 Å². The lowest BCUT2D eigenvalue weighted by Crippen LogP contribution is -2.37. The summed E-state index contributed by atoms with van der Waals surface area (Å²) in [7, 11) is -2.28. The molecule has 0 amide bonds. The third kappa shape index (κ3) is 6.51. The van der Waals surface area contributed by atoms with Gasteiger partial charge in [-0.15, -0.1) is 0 Å². The van der Waals surface area contributed by atoms with Gasteiger partial charge in [0.2, 0.25) is 10.0 Å². The number of hydrogen-bond acceptors (Lipinski definition) is 7. The van der Waals surface area contributed by atoms with Crippen molar-refractivity contribution in [2.75, 3.05) is 32.2 Å². The Bertz CT molecular complexity index is 1130. The number of benzene rings is 2. The molecule has 13 heteroatoms. The number of nitrogens with one attached hydrogen (secondary N) is 2. The van der Waals surface area contributed by atoms with Crippen LogP contribution >= 0.6 is 22.6 Å². The van der Waals surface area contributed by atoms with Crippen molar-refractivity contribution in [1.29, 1.82) is 0 Å². The first kappa shape index (κ1) is 26.9. The van der Waals surface area contributed by atoms with Crippen LogP contribution in [0.5, 0.6) is 5.75 Å². The van der Waals surface area contributed by atoms with Crippen molar-refractivity contribution in [1.82, 2.24) is 4.72 Å². The molecular formula is C21H24F3IN2O6S. The van der Waals surface area contributed by atoms with Gasteiger partial charge >= 0.3 is 0 Å². The summed E-state index contributed by atoms with van der Waals surface area (Å²) in [6, 6.07) is 4.66. The molecule has 0 bridgehead atoms.